The normalized spacial score (nSPS) is 12.4. The van der Waals surface area contributed by atoms with Crippen LogP contribution in [0.2, 0.25) is 0 Å². The third-order valence-electron chi connectivity index (χ3n) is 4.17. The van der Waals surface area contributed by atoms with Gasteiger partial charge in [-0.2, -0.15) is 31.3 Å². The van der Waals surface area contributed by atoms with E-state index in [0.29, 0.717) is 11.1 Å². The van der Waals surface area contributed by atoms with Crippen molar-refractivity contribution in [3.05, 3.63) is 76.5 Å². The zero-order valence-electron chi connectivity index (χ0n) is 14.5. The van der Waals surface area contributed by atoms with Gasteiger partial charge in [-0.1, -0.05) is 24.3 Å². The van der Waals surface area contributed by atoms with Crippen LogP contribution in [0.25, 0.3) is 0 Å². The van der Waals surface area contributed by atoms with E-state index in [0.717, 1.165) is 24.3 Å². The molecule has 0 radical (unpaired) electrons. The molecule has 0 fully saturated rings. The maximum Gasteiger partial charge on any atom is 0.416 e. The highest BCUT2D eigenvalue weighted by Gasteiger charge is 2.32. The molecule has 0 aliphatic heterocycles. The molecule has 11 heteroatoms. The second-order valence-corrected chi connectivity index (χ2v) is 6.11. The van der Waals surface area contributed by atoms with Crippen molar-refractivity contribution in [2.75, 3.05) is 11.5 Å². The van der Waals surface area contributed by atoms with E-state index in [1.165, 1.54) is 24.3 Å². The fourth-order valence-corrected chi connectivity index (χ4v) is 2.80. The standard InChI is InChI=1S/C18H13F6N5/c19-17(20,21)11-5-1-9(2-6-11)13(14-15(25)27-16(26)29-28-14)10-3-7-12(8-4-10)18(22,23)24/h1-8,13H,(H4,25,26,27,29). The Morgan fingerprint density at radius 1 is 0.655 bits per heavy atom. The average Bonchev–Trinajstić information content (AvgIpc) is 2.63. The maximum atomic E-state index is 12.9. The van der Waals surface area contributed by atoms with Crippen LogP contribution >= 0.6 is 0 Å². The van der Waals surface area contributed by atoms with Crippen LogP contribution in [0.1, 0.15) is 33.9 Å². The Morgan fingerprint density at radius 2 is 1.07 bits per heavy atom. The molecule has 1 heterocycles. The van der Waals surface area contributed by atoms with Gasteiger partial charge in [-0.05, 0) is 35.4 Å². The lowest BCUT2D eigenvalue weighted by molar-refractivity contribution is -0.138. The summed E-state index contributed by atoms with van der Waals surface area (Å²) in [6.45, 7) is 0. The van der Waals surface area contributed by atoms with Crippen molar-refractivity contribution in [3.8, 4) is 0 Å². The predicted octanol–water partition coefficient (Wildman–Crippen LogP) is 4.25. The van der Waals surface area contributed by atoms with Gasteiger partial charge in [0.2, 0.25) is 5.95 Å². The monoisotopic (exact) mass is 413 g/mol. The molecule has 0 spiro atoms. The van der Waals surface area contributed by atoms with E-state index < -0.39 is 29.4 Å². The van der Waals surface area contributed by atoms with E-state index in [9.17, 15) is 26.3 Å². The van der Waals surface area contributed by atoms with Crippen LogP contribution in [0.4, 0.5) is 38.1 Å². The van der Waals surface area contributed by atoms with Crippen LogP contribution in [-0.2, 0) is 12.4 Å². The minimum absolute atomic E-state index is 0.0544. The summed E-state index contributed by atoms with van der Waals surface area (Å²) in [5, 5.41) is 7.47. The topological polar surface area (TPSA) is 90.7 Å². The summed E-state index contributed by atoms with van der Waals surface area (Å²) >= 11 is 0. The molecule has 29 heavy (non-hydrogen) atoms. The molecule has 0 saturated heterocycles. The molecule has 152 valence electrons. The van der Waals surface area contributed by atoms with Crippen LogP contribution < -0.4 is 11.5 Å². The van der Waals surface area contributed by atoms with Gasteiger partial charge in [0, 0.05) is 0 Å². The molecule has 2 aromatic carbocycles. The Balaban J connectivity index is 2.12. The first-order valence-electron chi connectivity index (χ1n) is 8.06. The first kappa shape index (κ1) is 20.4. The van der Waals surface area contributed by atoms with Crippen molar-refractivity contribution >= 4 is 11.8 Å². The average molecular weight is 413 g/mol. The number of anilines is 2. The molecule has 1 aromatic heterocycles. The van der Waals surface area contributed by atoms with Gasteiger partial charge in [0.15, 0.2) is 5.82 Å². The lowest BCUT2D eigenvalue weighted by Crippen LogP contribution is -2.14. The number of aromatic nitrogens is 3. The van der Waals surface area contributed by atoms with Gasteiger partial charge in [0.05, 0.1) is 17.0 Å². The van der Waals surface area contributed by atoms with Crippen molar-refractivity contribution in [1.29, 1.82) is 0 Å². The molecular formula is C18H13F6N5. The van der Waals surface area contributed by atoms with Crippen LogP contribution in [0.3, 0.4) is 0 Å². The minimum atomic E-state index is -4.54. The van der Waals surface area contributed by atoms with E-state index >= 15 is 0 Å². The molecule has 0 unspecified atom stereocenters. The summed E-state index contributed by atoms with van der Waals surface area (Å²) in [5.41, 5.74) is 10.2. The van der Waals surface area contributed by atoms with E-state index in [4.69, 9.17) is 11.5 Å². The van der Waals surface area contributed by atoms with Crippen LogP contribution in [0.5, 0.6) is 0 Å². The summed E-state index contributed by atoms with van der Waals surface area (Å²) in [5.74, 6) is -1.26. The molecule has 0 atom stereocenters. The largest absolute Gasteiger partial charge is 0.416 e. The van der Waals surface area contributed by atoms with Gasteiger partial charge in [-0.15, -0.1) is 10.2 Å². The third-order valence-corrected chi connectivity index (χ3v) is 4.17. The number of hydrogen-bond donors (Lipinski definition) is 2. The maximum absolute atomic E-state index is 12.9. The molecule has 0 amide bonds. The number of nitrogens with zero attached hydrogens (tertiary/aromatic N) is 3. The van der Waals surface area contributed by atoms with Gasteiger partial charge in [-0.3, -0.25) is 0 Å². The Hall–Kier alpha value is -3.37. The molecule has 0 aliphatic carbocycles. The molecule has 5 nitrogen and oxygen atoms in total. The van der Waals surface area contributed by atoms with Crippen molar-refractivity contribution in [3.63, 3.8) is 0 Å². The molecule has 4 N–H and O–H groups in total. The summed E-state index contributed by atoms with van der Waals surface area (Å²) < 4.78 is 77.2. The molecule has 0 saturated carbocycles. The zero-order valence-corrected chi connectivity index (χ0v) is 14.5. The van der Waals surface area contributed by atoms with E-state index in [-0.39, 0.29) is 17.5 Å². The van der Waals surface area contributed by atoms with Gasteiger partial charge >= 0.3 is 12.4 Å². The van der Waals surface area contributed by atoms with Crippen molar-refractivity contribution in [2.45, 2.75) is 18.3 Å². The number of rotatable bonds is 3. The van der Waals surface area contributed by atoms with E-state index in [1.54, 1.807) is 0 Å². The number of nitrogens with two attached hydrogens (primary N) is 2. The fraction of sp³-hybridized carbons (Fsp3) is 0.167. The number of benzene rings is 2. The van der Waals surface area contributed by atoms with Gasteiger partial charge in [0.25, 0.3) is 0 Å². The van der Waals surface area contributed by atoms with Crippen LogP contribution in [-0.4, -0.2) is 15.2 Å². The second-order valence-electron chi connectivity index (χ2n) is 6.11. The quantitative estimate of drug-likeness (QED) is 0.627. The fourth-order valence-electron chi connectivity index (χ4n) is 2.80. The molecule has 0 aliphatic rings. The molecule has 3 aromatic rings. The Labute approximate surface area is 160 Å². The third kappa shape index (κ3) is 4.39. The SMILES string of the molecule is Nc1nnc(C(c2ccc(C(F)(F)F)cc2)c2ccc(C(F)(F)F)cc2)c(N)n1. The van der Waals surface area contributed by atoms with Crippen molar-refractivity contribution in [1.82, 2.24) is 15.2 Å². The molecule has 3 rings (SSSR count). The lowest BCUT2D eigenvalue weighted by Gasteiger charge is -2.19. The van der Waals surface area contributed by atoms with Gasteiger partial charge in [0.1, 0.15) is 5.69 Å². The molecular weight excluding hydrogens is 400 g/mol. The number of nitrogen functional groups attached to an aromatic ring is 2. The van der Waals surface area contributed by atoms with Crippen molar-refractivity contribution in [2.24, 2.45) is 0 Å². The highest BCUT2D eigenvalue weighted by atomic mass is 19.4. The first-order valence-corrected chi connectivity index (χ1v) is 8.06. The Kier molecular flexibility index (Phi) is 5.07. The number of halogens is 6. The summed E-state index contributed by atoms with van der Waals surface area (Å²) in [6.07, 6.45) is -9.08. The zero-order chi connectivity index (χ0) is 21.4. The Morgan fingerprint density at radius 3 is 1.41 bits per heavy atom. The van der Waals surface area contributed by atoms with Gasteiger partial charge in [-0.25, -0.2) is 0 Å². The van der Waals surface area contributed by atoms with Crippen molar-refractivity contribution < 1.29 is 26.3 Å². The second kappa shape index (κ2) is 7.22. The Bertz CT molecular complexity index is 940. The first-order chi connectivity index (χ1) is 13.5. The number of alkyl halides is 6. The smallest absolute Gasteiger partial charge is 0.382 e. The number of hydrogen-bond acceptors (Lipinski definition) is 5. The predicted molar refractivity (Wildman–Crippen MR) is 92.5 cm³/mol. The summed E-state index contributed by atoms with van der Waals surface area (Å²) in [6, 6.07) is 8.24. The highest BCUT2D eigenvalue weighted by Crippen LogP contribution is 2.37. The van der Waals surface area contributed by atoms with E-state index in [1.807, 2.05) is 0 Å². The van der Waals surface area contributed by atoms with E-state index in [2.05, 4.69) is 15.2 Å². The van der Waals surface area contributed by atoms with Crippen LogP contribution in [0.15, 0.2) is 48.5 Å². The summed E-state index contributed by atoms with van der Waals surface area (Å²) in [7, 11) is 0. The van der Waals surface area contributed by atoms with Crippen LogP contribution in [0, 0.1) is 0 Å². The minimum Gasteiger partial charge on any atom is -0.382 e. The molecule has 0 bridgehead atoms. The highest BCUT2D eigenvalue weighted by molar-refractivity contribution is 5.50. The summed E-state index contributed by atoms with van der Waals surface area (Å²) in [4.78, 5) is 3.78. The lowest BCUT2D eigenvalue weighted by atomic mass is 9.87. The van der Waals surface area contributed by atoms with Gasteiger partial charge < -0.3 is 11.5 Å².